The minimum Gasteiger partial charge on any atom is -0.565 e. The van der Waals surface area contributed by atoms with Gasteiger partial charge in [0.2, 0.25) is 5.88 Å². The molecule has 2 heterocycles. The predicted molar refractivity (Wildman–Crippen MR) is 118 cm³/mol. The molecule has 0 saturated carbocycles. The topological polar surface area (TPSA) is 117 Å². The molecule has 0 spiro atoms. The lowest BCUT2D eigenvalue weighted by atomic mass is 10.1. The van der Waals surface area contributed by atoms with Gasteiger partial charge in [0.15, 0.2) is 0 Å². The lowest BCUT2D eigenvalue weighted by Gasteiger charge is -2.08. The van der Waals surface area contributed by atoms with Crippen molar-refractivity contribution in [3.8, 4) is 11.6 Å². The van der Waals surface area contributed by atoms with Crippen molar-refractivity contribution < 1.29 is 25.6 Å². The molecule has 0 aliphatic rings. The zero-order valence-electron chi connectivity index (χ0n) is 16.2. The number of rotatable bonds is 7. The zero-order chi connectivity index (χ0) is 22.8. The second-order valence-corrected chi connectivity index (χ2v) is 7.89. The van der Waals surface area contributed by atoms with Gasteiger partial charge in [-0.15, -0.1) is 0 Å². The number of halogens is 3. The molecule has 0 fully saturated rings. The first-order chi connectivity index (χ1) is 14.8. The summed E-state index contributed by atoms with van der Waals surface area (Å²) in [6.07, 6.45) is 5.92. The molecule has 31 heavy (non-hydrogen) atoms. The summed E-state index contributed by atoms with van der Waals surface area (Å²) in [5.74, 6) is 0.998. The van der Waals surface area contributed by atoms with Crippen molar-refractivity contribution in [3.05, 3.63) is 74.9 Å². The first kappa shape index (κ1) is 25.4. The highest BCUT2D eigenvalue weighted by Gasteiger charge is 2.07. The Morgan fingerprint density at radius 2 is 1.87 bits per heavy atom. The lowest BCUT2D eigenvalue weighted by Crippen LogP contribution is -1.98. The van der Waals surface area contributed by atoms with Gasteiger partial charge >= 0.3 is 8.25 Å². The van der Waals surface area contributed by atoms with E-state index >= 15 is 0 Å². The summed E-state index contributed by atoms with van der Waals surface area (Å²) in [6, 6.07) is 8.87. The first-order valence-corrected chi connectivity index (χ1v) is 11.0. The molecular formula is C19H19Cl3N3O5P. The van der Waals surface area contributed by atoms with Gasteiger partial charge < -0.3 is 9.63 Å². The van der Waals surface area contributed by atoms with Gasteiger partial charge in [-0.05, 0) is 54.5 Å². The second-order valence-electron chi connectivity index (χ2n) is 6.06. The molecule has 0 aliphatic carbocycles. The van der Waals surface area contributed by atoms with Crippen molar-refractivity contribution in [2.45, 2.75) is 26.2 Å². The van der Waals surface area contributed by atoms with E-state index in [1.165, 1.54) is 0 Å². The highest BCUT2D eigenvalue weighted by Crippen LogP contribution is 2.30. The summed E-state index contributed by atoms with van der Waals surface area (Å²) in [7, 11) is -3.04. The van der Waals surface area contributed by atoms with Crippen LogP contribution in [0, 0.1) is 6.92 Å². The first-order valence-electron chi connectivity index (χ1n) is 8.80. The number of benzene rings is 1. The van der Waals surface area contributed by atoms with Crippen molar-refractivity contribution in [1.29, 1.82) is 0 Å². The third-order valence-corrected chi connectivity index (χ3v) is 5.04. The molecular weight excluding hydrogens is 488 g/mol. The largest absolute Gasteiger partial charge is 0.565 e. The van der Waals surface area contributed by atoms with Crippen LogP contribution in [0.5, 0.6) is 11.6 Å². The van der Waals surface area contributed by atoms with E-state index in [0.717, 1.165) is 36.2 Å². The summed E-state index contributed by atoms with van der Waals surface area (Å²) in [5, 5.41) is 8.70. The van der Waals surface area contributed by atoms with Crippen molar-refractivity contribution in [2.24, 2.45) is 0 Å². The van der Waals surface area contributed by atoms with Gasteiger partial charge in [0.05, 0.1) is 21.4 Å². The number of nitrogens with zero attached hydrogens (tertiary/aromatic N) is 3. The Bertz CT molecular complexity index is 1030. The SMILES string of the molecule is Cc1ncnc(CCCc2ccc(Oc3ccc(Cl)cc3Cl)nc2)c1Cl.O=[P+]([O-])OO.[HH]. The highest BCUT2D eigenvalue weighted by atomic mass is 35.5. The molecule has 0 saturated heterocycles. The maximum atomic E-state index is 8.93. The Hall–Kier alpha value is -1.90. The maximum absolute atomic E-state index is 8.93. The van der Waals surface area contributed by atoms with Crippen molar-refractivity contribution in [3.63, 3.8) is 0 Å². The smallest absolute Gasteiger partial charge is 0.521 e. The molecule has 2 aromatic heterocycles. The third kappa shape index (κ3) is 8.63. The quantitative estimate of drug-likeness (QED) is 0.241. The van der Waals surface area contributed by atoms with E-state index in [2.05, 4.69) is 19.6 Å². The van der Waals surface area contributed by atoms with E-state index in [1.807, 2.05) is 19.1 Å². The van der Waals surface area contributed by atoms with Gasteiger partial charge in [0.25, 0.3) is 0 Å². The molecule has 0 aliphatic heterocycles. The number of ether oxygens (including phenoxy) is 1. The number of hydrogen-bond donors (Lipinski definition) is 1. The summed E-state index contributed by atoms with van der Waals surface area (Å²) < 4.78 is 17.3. The van der Waals surface area contributed by atoms with Crippen molar-refractivity contribution >= 4 is 43.1 Å². The van der Waals surface area contributed by atoms with Crippen molar-refractivity contribution in [2.75, 3.05) is 0 Å². The summed E-state index contributed by atoms with van der Waals surface area (Å²) in [4.78, 5) is 21.6. The Balaban J connectivity index is 0.000000770. The molecule has 1 unspecified atom stereocenters. The van der Waals surface area contributed by atoms with E-state index < -0.39 is 8.25 Å². The third-order valence-electron chi connectivity index (χ3n) is 3.89. The Morgan fingerprint density at radius 3 is 2.48 bits per heavy atom. The zero-order valence-corrected chi connectivity index (χ0v) is 19.3. The molecule has 12 heteroatoms. The van der Waals surface area contributed by atoms with Crippen LogP contribution in [0.25, 0.3) is 0 Å². The van der Waals surface area contributed by atoms with Crippen molar-refractivity contribution in [1.82, 2.24) is 15.0 Å². The van der Waals surface area contributed by atoms with Crippen LogP contribution < -0.4 is 9.63 Å². The van der Waals surface area contributed by atoms with Gasteiger partial charge in [-0.25, -0.2) is 20.2 Å². The van der Waals surface area contributed by atoms with Crippen LogP contribution in [-0.2, 0) is 22.1 Å². The average molecular weight is 507 g/mol. The Kier molecular flexibility index (Phi) is 10.5. The van der Waals surface area contributed by atoms with Gasteiger partial charge in [0, 0.05) is 23.4 Å². The summed E-state index contributed by atoms with van der Waals surface area (Å²) in [6.45, 7) is 1.88. The van der Waals surface area contributed by atoms with Crippen LogP contribution in [0.15, 0.2) is 42.9 Å². The van der Waals surface area contributed by atoms with E-state index in [4.69, 9.17) is 54.3 Å². The van der Waals surface area contributed by atoms with Gasteiger partial charge in [0.1, 0.15) is 12.1 Å². The highest BCUT2D eigenvalue weighted by molar-refractivity contribution is 7.30. The minimum absolute atomic E-state index is 0. The molecule has 1 aromatic carbocycles. The number of aromatic nitrogens is 3. The maximum Gasteiger partial charge on any atom is 0.521 e. The Labute approximate surface area is 196 Å². The molecule has 1 N–H and O–H groups in total. The molecule has 0 radical (unpaired) electrons. The van der Waals surface area contributed by atoms with Gasteiger partial charge in [-0.3, -0.25) is 0 Å². The molecule has 3 rings (SSSR count). The molecule has 8 nitrogen and oxygen atoms in total. The second kappa shape index (κ2) is 12.8. The van der Waals surface area contributed by atoms with Gasteiger partial charge in [-0.1, -0.05) is 40.9 Å². The van der Waals surface area contributed by atoms with Crippen LogP contribution in [0.1, 0.15) is 24.8 Å². The summed E-state index contributed by atoms with van der Waals surface area (Å²) in [5.41, 5.74) is 2.80. The van der Waals surface area contributed by atoms with E-state index in [0.29, 0.717) is 26.7 Å². The molecule has 3 aromatic rings. The van der Waals surface area contributed by atoms with Gasteiger partial charge in [-0.2, -0.15) is 0 Å². The fourth-order valence-corrected chi connectivity index (χ4v) is 3.07. The molecule has 0 bridgehead atoms. The standard InChI is InChI=1S/C19H16Cl3N3O.HO4P.H2/c1-12-19(22)16(25-11-24-12)4-2-3-13-5-8-18(23-10-13)26-17-7-6-14(20)9-15(17)21;1-4-5(2)3;/h5-11H,2-4H2,1H3;1H;1H. The van der Waals surface area contributed by atoms with Crippen LogP contribution >= 0.6 is 43.1 Å². The fourth-order valence-electron chi connectivity index (χ4n) is 2.43. The predicted octanol–water partition coefficient (Wildman–Crippen LogP) is 5.85. The number of aryl methyl sites for hydroxylation is 3. The number of pyridine rings is 1. The molecule has 0 amide bonds. The lowest BCUT2D eigenvalue weighted by molar-refractivity contribution is -0.244. The monoisotopic (exact) mass is 505 g/mol. The van der Waals surface area contributed by atoms with E-state index in [1.54, 1.807) is 30.7 Å². The molecule has 1 atom stereocenters. The Morgan fingerprint density at radius 1 is 1.13 bits per heavy atom. The van der Waals surface area contributed by atoms with Crippen LogP contribution in [0.3, 0.4) is 0 Å². The van der Waals surface area contributed by atoms with Crippen LogP contribution in [-0.4, -0.2) is 20.2 Å². The average Bonchev–Trinajstić information content (AvgIpc) is 2.75. The van der Waals surface area contributed by atoms with Crippen LogP contribution in [0.2, 0.25) is 15.1 Å². The summed E-state index contributed by atoms with van der Waals surface area (Å²) >= 11 is 18.2. The minimum atomic E-state index is -3.04. The normalized spacial score (nSPS) is 10.8. The van der Waals surface area contributed by atoms with E-state index in [9.17, 15) is 0 Å². The number of hydrogen-bond acceptors (Lipinski definition) is 8. The molecule has 166 valence electrons. The van der Waals surface area contributed by atoms with Crippen LogP contribution in [0.4, 0.5) is 0 Å². The fraction of sp³-hybridized carbons (Fsp3) is 0.211. The van der Waals surface area contributed by atoms with E-state index in [-0.39, 0.29) is 1.43 Å².